The molecule has 4 bridgehead atoms. The van der Waals surface area contributed by atoms with Crippen LogP contribution in [0.15, 0.2) is 0 Å². The lowest BCUT2D eigenvalue weighted by molar-refractivity contribution is 0.00167. The number of rotatable bonds is 1. The van der Waals surface area contributed by atoms with Crippen molar-refractivity contribution in [3.63, 3.8) is 0 Å². The van der Waals surface area contributed by atoms with Gasteiger partial charge in [0.2, 0.25) is 0 Å². The summed E-state index contributed by atoms with van der Waals surface area (Å²) in [5.41, 5.74) is 0.260. The summed E-state index contributed by atoms with van der Waals surface area (Å²) in [4.78, 5) is 1.16. The van der Waals surface area contributed by atoms with Gasteiger partial charge in [0.15, 0.2) is 0 Å². The number of thiocarbonyl (C=S) groups is 1. The molecule has 0 aromatic rings. The van der Waals surface area contributed by atoms with Gasteiger partial charge in [0.1, 0.15) is 0 Å². The minimum absolute atomic E-state index is 0.0883. The molecule has 1 nitrogen and oxygen atoms in total. The van der Waals surface area contributed by atoms with Gasteiger partial charge in [0.25, 0.3) is 0 Å². The largest absolute Gasteiger partial charge is 0.382 e. The predicted octanol–water partition coefficient (Wildman–Crippen LogP) is 3.11. The van der Waals surface area contributed by atoms with Crippen LogP contribution in [0.1, 0.15) is 38.5 Å². The van der Waals surface area contributed by atoms with Gasteiger partial charge in [-0.3, -0.25) is 0 Å². The van der Waals surface area contributed by atoms with E-state index in [0.29, 0.717) is 0 Å². The topological polar surface area (TPSA) is 12.0 Å². The van der Waals surface area contributed by atoms with E-state index in [-0.39, 0.29) is 10.3 Å². The van der Waals surface area contributed by atoms with Gasteiger partial charge in [0, 0.05) is 17.3 Å². The standard InChI is InChI=1S/C12H18ClNS/c1-14-10(15)11-3-8-2-9(4-11)6-12(13,5-8)7-11/h8-9H,2-7H2,1H3,(H,14,15)/t8-,9+,11?,12?. The Morgan fingerprint density at radius 2 is 1.87 bits per heavy atom. The van der Waals surface area contributed by atoms with Crippen LogP contribution < -0.4 is 5.32 Å². The number of nitrogens with one attached hydrogen (secondary N) is 1. The molecule has 0 aliphatic heterocycles. The van der Waals surface area contributed by atoms with Crippen LogP contribution in [0.5, 0.6) is 0 Å². The highest BCUT2D eigenvalue weighted by Crippen LogP contribution is 2.63. The number of hydrogen-bond acceptors (Lipinski definition) is 1. The number of halogens is 1. The van der Waals surface area contributed by atoms with Crippen LogP contribution in [0, 0.1) is 17.3 Å². The highest BCUT2D eigenvalue weighted by molar-refractivity contribution is 7.80. The van der Waals surface area contributed by atoms with Gasteiger partial charge in [-0.2, -0.15) is 0 Å². The quantitative estimate of drug-likeness (QED) is 0.561. The van der Waals surface area contributed by atoms with Crippen LogP contribution in [-0.4, -0.2) is 16.9 Å². The summed E-state index contributed by atoms with van der Waals surface area (Å²) in [5.74, 6) is 1.69. The van der Waals surface area contributed by atoms with Gasteiger partial charge in [-0.05, 0) is 50.4 Å². The van der Waals surface area contributed by atoms with E-state index in [4.69, 9.17) is 23.8 Å². The molecule has 1 N–H and O–H groups in total. The third-order valence-electron chi connectivity index (χ3n) is 4.70. The maximum Gasteiger partial charge on any atom is 0.0814 e. The average Bonchev–Trinajstić information content (AvgIpc) is 2.12. The maximum atomic E-state index is 6.73. The van der Waals surface area contributed by atoms with Crippen molar-refractivity contribution in [2.24, 2.45) is 17.3 Å². The normalized spacial score (nSPS) is 51.9. The SMILES string of the molecule is CNC(=S)C12C[C@@H]3C[C@@H](CC(Cl)(C3)C1)C2. The summed E-state index contributed by atoms with van der Waals surface area (Å²) in [6.07, 6.45) is 7.57. The number of alkyl halides is 1. The lowest BCUT2D eigenvalue weighted by atomic mass is 9.49. The Morgan fingerprint density at radius 3 is 2.33 bits per heavy atom. The Hall–Kier alpha value is 0.180. The Morgan fingerprint density at radius 1 is 1.27 bits per heavy atom. The smallest absolute Gasteiger partial charge is 0.0814 e. The van der Waals surface area contributed by atoms with Crippen LogP contribution in [0.25, 0.3) is 0 Å². The first-order chi connectivity index (χ1) is 7.05. The summed E-state index contributed by atoms with van der Waals surface area (Å²) in [5, 5.41) is 3.21. The van der Waals surface area contributed by atoms with E-state index in [1.54, 1.807) is 0 Å². The molecule has 0 aromatic carbocycles. The van der Waals surface area contributed by atoms with Crippen molar-refractivity contribution in [2.45, 2.75) is 43.4 Å². The lowest BCUT2D eigenvalue weighted by Crippen LogP contribution is -2.57. The summed E-state index contributed by atoms with van der Waals surface area (Å²) >= 11 is 12.3. The van der Waals surface area contributed by atoms with Crippen molar-refractivity contribution < 1.29 is 0 Å². The fraction of sp³-hybridized carbons (Fsp3) is 0.917. The van der Waals surface area contributed by atoms with E-state index in [2.05, 4.69) is 5.32 Å². The molecule has 4 rings (SSSR count). The minimum atomic E-state index is 0.0883. The zero-order valence-corrected chi connectivity index (χ0v) is 10.8. The van der Waals surface area contributed by atoms with Crippen molar-refractivity contribution in [3.05, 3.63) is 0 Å². The van der Waals surface area contributed by atoms with E-state index in [1.165, 1.54) is 32.1 Å². The summed E-state index contributed by atoms with van der Waals surface area (Å²) in [7, 11) is 1.96. The summed E-state index contributed by atoms with van der Waals surface area (Å²) in [6.45, 7) is 0. The van der Waals surface area contributed by atoms with Gasteiger partial charge in [-0.1, -0.05) is 12.2 Å². The highest BCUT2D eigenvalue weighted by atomic mass is 35.5. The van der Waals surface area contributed by atoms with E-state index in [0.717, 1.165) is 23.2 Å². The second kappa shape index (κ2) is 3.10. The third kappa shape index (κ3) is 1.44. The monoisotopic (exact) mass is 243 g/mol. The van der Waals surface area contributed by atoms with Crippen molar-refractivity contribution >= 4 is 28.8 Å². The third-order valence-corrected chi connectivity index (χ3v) is 5.78. The van der Waals surface area contributed by atoms with Crippen molar-refractivity contribution in [2.75, 3.05) is 7.05 Å². The Balaban J connectivity index is 1.96. The molecule has 4 aliphatic rings. The van der Waals surface area contributed by atoms with Crippen molar-refractivity contribution in [1.82, 2.24) is 5.32 Å². The van der Waals surface area contributed by atoms with Crippen LogP contribution >= 0.6 is 23.8 Å². The highest BCUT2D eigenvalue weighted by Gasteiger charge is 2.58. The maximum absolute atomic E-state index is 6.73. The molecule has 0 heterocycles. The van der Waals surface area contributed by atoms with E-state index in [1.807, 2.05) is 7.05 Å². The molecule has 0 radical (unpaired) electrons. The summed E-state index contributed by atoms with van der Waals surface area (Å²) < 4.78 is 0. The molecule has 2 unspecified atom stereocenters. The number of hydrogen-bond donors (Lipinski definition) is 1. The molecule has 4 saturated carbocycles. The lowest BCUT2D eigenvalue weighted by Gasteiger charge is -2.60. The molecule has 0 amide bonds. The molecule has 84 valence electrons. The zero-order chi connectivity index (χ0) is 10.7. The molecule has 15 heavy (non-hydrogen) atoms. The minimum Gasteiger partial charge on any atom is -0.382 e. The molecule has 4 atom stereocenters. The predicted molar refractivity (Wildman–Crippen MR) is 67.4 cm³/mol. The van der Waals surface area contributed by atoms with E-state index >= 15 is 0 Å². The van der Waals surface area contributed by atoms with Crippen LogP contribution in [0.3, 0.4) is 0 Å². The fourth-order valence-electron chi connectivity index (χ4n) is 4.68. The molecular formula is C12H18ClNS. The van der Waals surface area contributed by atoms with Crippen LogP contribution in [-0.2, 0) is 0 Å². The first kappa shape index (κ1) is 10.3. The molecule has 0 aromatic heterocycles. The van der Waals surface area contributed by atoms with Gasteiger partial charge in [-0.15, -0.1) is 11.6 Å². The zero-order valence-electron chi connectivity index (χ0n) is 9.18. The Bertz CT molecular complexity index is 301. The molecule has 3 heteroatoms. The van der Waals surface area contributed by atoms with E-state index < -0.39 is 0 Å². The Kier molecular flexibility index (Phi) is 2.14. The van der Waals surface area contributed by atoms with Gasteiger partial charge >= 0.3 is 0 Å². The molecule has 0 spiro atoms. The van der Waals surface area contributed by atoms with Crippen LogP contribution in [0.2, 0.25) is 0 Å². The first-order valence-electron chi connectivity index (χ1n) is 5.96. The molecule has 4 aliphatic carbocycles. The molecular weight excluding hydrogens is 226 g/mol. The van der Waals surface area contributed by atoms with Gasteiger partial charge in [0.05, 0.1) is 4.99 Å². The second-order valence-electron chi connectivity index (χ2n) is 5.97. The summed E-state index contributed by atoms with van der Waals surface area (Å²) in [6, 6.07) is 0. The van der Waals surface area contributed by atoms with E-state index in [9.17, 15) is 0 Å². The fourth-order valence-corrected chi connectivity index (χ4v) is 5.61. The average molecular weight is 244 g/mol. The van der Waals surface area contributed by atoms with Crippen molar-refractivity contribution in [3.8, 4) is 0 Å². The molecule has 0 saturated heterocycles. The van der Waals surface area contributed by atoms with Gasteiger partial charge < -0.3 is 5.32 Å². The second-order valence-corrected chi connectivity index (χ2v) is 7.18. The Labute approximate surface area is 102 Å². The van der Waals surface area contributed by atoms with Gasteiger partial charge in [-0.25, -0.2) is 0 Å². The first-order valence-corrected chi connectivity index (χ1v) is 6.75. The van der Waals surface area contributed by atoms with Crippen molar-refractivity contribution in [1.29, 1.82) is 0 Å². The molecule has 4 fully saturated rings. The van der Waals surface area contributed by atoms with Crippen LogP contribution in [0.4, 0.5) is 0 Å².